The number of hydrogen-bond donors (Lipinski definition) is 2. The van der Waals surface area contributed by atoms with E-state index in [1.165, 1.54) is 64.2 Å². The van der Waals surface area contributed by atoms with Gasteiger partial charge in [0.1, 0.15) is 0 Å². The molecule has 2 N–H and O–H groups in total. The van der Waals surface area contributed by atoms with Gasteiger partial charge in [0.2, 0.25) is 0 Å². The molecule has 2 bridgehead atoms. The molecule has 0 radical (unpaired) electrons. The summed E-state index contributed by atoms with van der Waals surface area (Å²) in [6.07, 6.45) is 13.7. The molecule has 4 rings (SSSR count). The first-order chi connectivity index (χ1) is 12.7. The number of nitrogens with one attached hydrogen (secondary N) is 2. The quantitative estimate of drug-likeness (QED) is 0.679. The van der Waals surface area contributed by atoms with Crippen LogP contribution >= 0.6 is 23.8 Å². The van der Waals surface area contributed by atoms with Gasteiger partial charge in [-0.25, -0.2) is 0 Å². The standard InChI is InChI=1S/C21H30ClN3S/c22-15-9-11-16(12-10-15)23-21(26)24-17-13-19-7-4-8-20(14-17)25(19)18-5-2-1-3-6-18/h9-12,17-20H,1-8,13-14H2,(H2,23,24,26)/t19-,20-/m0/s1. The highest BCUT2D eigenvalue weighted by atomic mass is 35.5. The van der Waals surface area contributed by atoms with E-state index in [-0.39, 0.29) is 0 Å². The second-order valence-electron chi connectivity index (χ2n) is 8.25. The van der Waals surface area contributed by atoms with Gasteiger partial charge < -0.3 is 10.6 Å². The molecule has 3 nitrogen and oxygen atoms in total. The molecule has 1 aliphatic carbocycles. The molecule has 26 heavy (non-hydrogen) atoms. The Hall–Kier alpha value is -0.840. The number of anilines is 1. The molecule has 2 heterocycles. The lowest BCUT2D eigenvalue weighted by Crippen LogP contribution is -2.60. The fourth-order valence-corrected chi connectivity index (χ4v) is 5.81. The number of benzene rings is 1. The summed E-state index contributed by atoms with van der Waals surface area (Å²) in [5, 5.41) is 8.38. The molecule has 142 valence electrons. The molecule has 2 aliphatic heterocycles. The lowest BCUT2D eigenvalue weighted by atomic mass is 9.78. The average Bonchev–Trinajstić information content (AvgIpc) is 2.63. The highest BCUT2D eigenvalue weighted by Crippen LogP contribution is 2.39. The normalized spacial score (nSPS) is 30.0. The molecule has 1 saturated carbocycles. The monoisotopic (exact) mass is 391 g/mol. The molecule has 0 spiro atoms. The predicted molar refractivity (Wildman–Crippen MR) is 114 cm³/mol. The van der Waals surface area contributed by atoms with Crippen LogP contribution in [0.1, 0.15) is 64.2 Å². The first-order valence-electron chi connectivity index (χ1n) is 10.3. The molecule has 5 heteroatoms. The van der Waals surface area contributed by atoms with Crippen LogP contribution < -0.4 is 10.6 Å². The van der Waals surface area contributed by atoms with Gasteiger partial charge in [0, 0.05) is 34.9 Å². The maximum Gasteiger partial charge on any atom is 0.170 e. The molecule has 2 atom stereocenters. The second kappa shape index (κ2) is 8.45. The second-order valence-corrected chi connectivity index (χ2v) is 9.10. The third-order valence-electron chi connectivity index (χ3n) is 6.46. The van der Waals surface area contributed by atoms with Crippen LogP contribution in [0, 0.1) is 0 Å². The lowest BCUT2D eigenvalue weighted by molar-refractivity contribution is -0.0195. The van der Waals surface area contributed by atoms with E-state index in [4.69, 9.17) is 23.8 Å². The van der Waals surface area contributed by atoms with E-state index in [1.807, 2.05) is 24.3 Å². The zero-order chi connectivity index (χ0) is 17.9. The summed E-state index contributed by atoms with van der Waals surface area (Å²) >= 11 is 11.5. The summed E-state index contributed by atoms with van der Waals surface area (Å²) in [5.74, 6) is 0. The van der Waals surface area contributed by atoms with E-state index in [2.05, 4.69) is 15.5 Å². The van der Waals surface area contributed by atoms with Crippen LogP contribution in [0.25, 0.3) is 0 Å². The van der Waals surface area contributed by atoms with Gasteiger partial charge in [-0.1, -0.05) is 37.3 Å². The van der Waals surface area contributed by atoms with Crippen molar-refractivity contribution in [2.45, 2.75) is 88.4 Å². The summed E-state index contributed by atoms with van der Waals surface area (Å²) in [4.78, 5) is 2.93. The van der Waals surface area contributed by atoms with Crippen LogP contribution in [-0.4, -0.2) is 34.2 Å². The topological polar surface area (TPSA) is 27.3 Å². The fraction of sp³-hybridized carbons (Fsp3) is 0.667. The summed E-state index contributed by atoms with van der Waals surface area (Å²) in [6.45, 7) is 0. The summed E-state index contributed by atoms with van der Waals surface area (Å²) in [7, 11) is 0. The third-order valence-corrected chi connectivity index (χ3v) is 6.94. The number of rotatable bonds is 3. The van der Waals surface area contributed by atoms with Gasteiger partial charge in [0.25, 0.3) is 0 Å². The Bertz CT molecular complexity index is 600. The predicted octanol–water partition coefficient (Wildman–Crippen LogP) is 5.34. The van der Waals surface area contributed by atoms with Crippen LogP contribution in [0.4, 0.5) is 5.69 Å². The van der Waals surface area contributed by atoms with Crippen molar-refractivity contribution in [3.8, 4) is 0 Å². The number of thiocarbonyl (C=S) groups is 1. The minimum Gasteiger partial charge on any atom is -0.360 e. The van der Waals surface area contributed by atoms with Crippen molar-refractivity contribution in [1.82, 2.24) is 10.2 Å². The minimum atomic E-state index is 0.498. The summed E-state index contributed by atoms with van der Waals surface area (Å²) in [5.41, 5.74) is 0.992. The zero-order valence-electron chi connectivity index (χ0n) is 15.4. The summed E-state index contributed by atoms with van der Waals surface area (Å²) in [6, 6.07) is 10.6. The summed E-state index contributed by atoms with van der Waals surface area (Å²) < 4.78 is 0. The number of hydrogen-bond acceptors (Lipinski definition) is 2. The molecule has 3 fully saturated rings. The third kappa shape index (κ3) is 4.35. The number of nitrogens with zero attached hydrogens (tertiary/aromatic N) is 1. The smallest absolute Gasteiger partial charge is 0.170 e. The van der Waals surface area contributed by atoms with E-state index in [9.17, 15) is 0 Å². The van der Waals surface area contributed by atoms with E-state index in [0.29, 0.717) is 6.04 Å². The molecule has 0 aromatic heterocycles. The lowest BCUT2D eigenvalue weighted by Gasteiger charge is -2.53. The number of piperidine rings is 2. The van der Waals surface area contributed by atoms with Gasteiger partial charge in [0.05, 0.1) is 0 Å². The Morgan fingerprint density at radius 2 is 1.50 bits per heavy atom. The first kappa shape index (κ1) is 18.5. The Kier molecular flexibility index (Phi) is 6.02. The molecule has 3 aliphatic rings. The fourth-order valence-electron chi connectivity index (χ4n) is 5.40. The zero-order valence-corrected chi connectivity index (χ0v) is 17.0. The van der Waals surface area contributed by atoms with Crippen molar-refractivity contribution in [2.75, 3.05) is 5.32 Å². The molecular weight excluding hydrogens is 362 g/mol. The van der Waals surface area contributed by atoms with Crippen LogP contribution in [0.5, 0.6) is 0 Å². The van der Waals surface area contributed by atoms with Crippen molar-refractivity contribution in [3.63, 3.8) is 0 Å². The van der Waals surface area contributed by atoms with Gasteiger partial charge in [-0.3, -0.25) is 4.90 Å². The van der Waals surface area contributed by atoms with E-state index in [0.717, 1.165) is 33.9 Å². The molecule has 0 amide bonds. The average molecular weight is 392 g/mol. The maximum atomic E-state index is 5.96. The maximum absolute atomic E-state index is 5.96. The van der Waals surface area contributed by atoms with Crippen molar-refractivity contribution < 1.29 is 0 Å². The minimum absolute atomic E-state index is 0.498. The van der Waals surface area contributed by atoms with Crippen molar-refractivity contribution in [3.05, 3.63) is 29.3 Å². The first-order valence-corrected chi connectivity index (χ1v) is 11.1. The van der Waals surface area contributed by atoms with Crippen LogP contribution in [0.15, 0.2) is 24.3 Å². The SMILES string of the molecule is S=C(Nc1ccc(Cl)cc1)NC1C[C@@H]2CCC[C@@H](C1)N2C1CCCCC1. The number of halogens is 1. The number of fused-ring (bicyclic) bond motifs is 2. The van der Waals surface area contributed by atoms with Crippen molar-refractivity contribution in [1.29, 1.82) is 0 Å². The molecule has 1 aromatic rings. The van der Waals surface area contributed by atoms with Crippen LogP contribution in [0.2, 0.25) is 5.02 Å². The molecule has 2 saturated heterocycles. The van der Waals surface area contributed by atoms with Gasteiger partial charge in [-0.15, -0.1) is 0 Å². The van der Waals surface area contributed by atoms with E-state index in [1.54, 1.807) is 0 Å². The highest BCUT2D eigenvalue weighted by molar-refractivity contribution is 7.80. The van der Waals surface area contributed by atoms with Gasteiger partial charge in [-0.05, 0) is 75.0 Å². The van der Waals surface area contributed by atoms with E-state index >= 15 is 0 Å². The Morgan fingerprint density at radius 1 is 0.885 bits per heavy atom. The Labute approximate surface area is 167 Å². The molecular formula is C21H30ClN3S. The largest absolute Gasteiger partial charge is 0.360 e. The van der Waals surface area contributed by atoms with Gasteiger partial charge >= 0.3 is 0 Å². The van der Waals surface area contributed by atoms with E-state index < -0.39 is 0 Å². The Morgan fingerprint density at radius 3 is 2.15 bits per heavy atom. The van der Waals surface area contributed by atoms with Gasteiger partial charge in [-0.2, -0.15) is 0 Å². The molecule has 1 aromatic carbocycles. The van der Waals surface area contributed by atoms with Gasteiger partial charge in [0.15, 0.2) is 5.11 Å². The Balaban J connectivity index is 1.34. The van der Waals surface area contributed by atoms with Crippen molar-refractivity contribution >= 4 is 34.6 Å². The van der Waals surface area contributed by atoms with Crippen molar-refractivity contribution in [2.24, 2.45) is 0 Å². The molecule has 0 unspecified atom stereocenters. The van der Waals surface area contributed by atoms with Crippen LogP contribution in [0.3, 0.4) is 0 Å². The van der Waals surface area contributed by atoms with Crippen LogP contribution in [-0.2, 0) is 0 Å². The highest BCUT2D eigenvalue weighted by Gasteiger charge is 2.41.